The van der Waals surface area contributed by atoms with Gasteiger partial charge < -0.3 is 10.8 Å². The summed E-state index contributed by atoms with van der Waals surface area (Å²) in [7, 11) is 1.80. The van der Waals surface area contributed by atoms with Crippen LogP contribution in [0, 0.1) is 0 Å². The summed E-state index contributed by atoms with van der Waals surface area (Å²) in [5.74, 6) is 0. The molecule has 0 saturated carbocycles. The highest BCUT2D eigenvalue weighted by Gasteiger charge is 2.19. The lowest BCUT2D eigenvalue weighted by Crippen LogP contribution is -2.31. The monoisotopic (exact) mass is 231 g/mol. The predicted octanol–water partition coefficient (Wildman–Crippen LogP) is 1.02. The molecule has 1 heterocycles. The van der Waals surface area contributed by atoms with Crippen LogP contribution in [-0.2, 0) is 13.5 Å². The molecule has 0 bridgehead atoms. The van der Waals surface area contributed by atoms with Crippen LogP contribution in [0.4, 0.5) is 0 Å². The lowest BCUT2D eigenvalue weighted by molar-refractivity contribution is 0.137. The molecule has 2 aromatic rings. The Bertz CT molecular complexity index is 467. The van der Waals surface area contributed by atoms with Crippen molar-refractivity contribution < 1.29 is 5.11 Å². The third-order valence-electron chi connectivity index (χ3n) is 2.88. The van der Waals surface area contributed by atoms with E-state index in [0.717, 1.165) is 11.3 Å². The second-order valence-electron chi connectivity index (χ2n) is 4.18. The third-order valence-corrected chi connectivity index (χ3v) is 2.88. The van der Waals surface area contributed by atoms with Crippen LogP contribution in [0.2, 0.25) is 0 Å². The van der Waals surface area contributed by atoms with Crippen LogP contribution in [0.25, 0.3) is 0 Å². The van der Waals surface area contributed by atoms with Gasteiger partial charge in [-0.05, 0) is 18.1 Å². The molecular weight excluding hydrogens is 214 g/mol. The van der Waals surface area contributed by atoms with Gasteiger partial charge in [-0.15, -0.1) is 0 Å². The first-order valence-corrected chi connectivity index (χ1v) is 5.64. The van der Waals surface area contributed by atoms with Gasteiger partial charge in [0.25, 0.3) is 0 Å². The maximum Gasteiger partial charge on any atom is 0.111 e. The number of rotatable bonds is 4. The molecule has 2 rings (SSSR count). The van der Waals surface area contributed by atoms with Gasteiger partial charge in [-0.2, -0.15) is 5.10 Å². The molecule has 90 valence electrons. The van der Waals surface area contributed by atoms with Crippen molar-refractivity contribution in [3.8, 4) is 0 Å². The van der Waals surface area contributed by atoms with Crippen molar-refractivity contribution in [2.75, 3.05) is 0 Å². The number of nitrogens with two attached hydrogens (primary N) is 1. The van der Waals surface area contributed by atoms with Gasteiger partial charge in [-0.1, -0.05) is 30.3 Å². The Morgan fingerprint density at radius 2 is 2.00 bits per heavy atom. The Morgan fingerprint density at radius 3 is 2.59 bits per heavy atom. The minimum absolute atomic E-state index is 0.326. The van der Waals surface area contributed by atoms with Gasteiger partial charge in [0.1, 0.15) is 6.10 Å². The number of hydrogen-bond donors (Lipinski definition) is 2. The Morgan fingerprint density at radius 1 is 1.29 bits per heavy atom. The third kappa shape index (κ3) is 2.72. The number of nitrogens with zero attached hydrogens (tertiary/aromatic N) is 2. The number of aromatic nitrogens is 2. The first-order chi connectivity index (χ1) is 8.18. The zero-order valence-electron chi connectivity index (χ0n) is 9.82. The molecule has 2 atom stereocenters. The van der Waals surface area contributed by atoms with Crippen molar-refractivity contribution in [2.45, 2.75) is 18.6 Å². The summed E-state index contributed by atoms with van der Waals surface area (Å²) in [5.41, 5.74) is 7.89. The normalized spacial score (nSPS) is 14.5. The summed E-state index contributed by atoms with van der Waals surface area (Å²) < 4.78 is 1.65. The van der Waals surface area contributed by atoms with Gasteiger partial charge in [-0.3, -0.25) is 4.68 Å². The lowest BCUT2D eigenvalue weighted by Gasteiger charge is -2.19. The maximum absolute atomic E-state index is 10.1. The van der Waals surface area contributed by atoms with Gasteiger partial charge >= 0.3 is 0 Å². The van der Waals surface area contributed by atoms with Crippen molar-refractivity contribution in [3.63, 3.8) is 0 Å². The summed E-state index contributed by atoms with van der Waals surface area (Å²) in [6, 6.07) is 11.4. The zero-order valence-corrected chi connectivity index (χ0v) is 9.82. The molecule has 0 aliphatic rings. The average molecular weight is 231 g/mol. The fourth-order valence-corrected chi connectivity index (χ4v) is 1.89. The van der Waals surface area contributed by atoms with E-state index in [-0.39, 0.29) is 6.04 Å². The molecule has 0 spiro atoms. The zero-order chi connectivity index (χ0) is 12.3. The van der Waals surface area contributed by atoms with Gasteiger partial charge in [0.05, 0.1) is 5.69 Å². The van der Waals surface area contributed by atoms with Crippen LogP contribution in [0.5, 0.6) is 0 Å². The predicted molar refractivity (Wildman–Crippen MR) is 66.3 cm³/mol. The number of aryl methyl sites for hydroxylation is 1. The van der Waals surface area contributed by atoms with E-state index in [2.05, 4.69) is 5.10 Å². The molecule has 17 heavy (non-hydrogen) atoms. The topological polar surface area (TPSA) is 64.1 Å². The van der Waals surface area contributed by atoms with E-state index in [9.17, 15) is 5.11 Å². The lowest BCUT2D eigenvalue weighted by atomic mass is 10.0. The van der Waals surface area contributed by atoms with E-state index in [0.29, 0.717) is 6.42 Å². The Labute approximate surface area is 101 Å². The fourth-order valence-electron chi connectivity index (χ4n) is 1.89. The number of aliphatic hydroxyl groups excluding tert-OH is 1. The summed E-state index contributed by atoms with van der Waals surface area (Å²) in [4.78, 5) is 0. The van der Waals surface area contributed by atoms with Gasteiger partial charge in [-0.25, -0.2) is 0 Å². The molecule has 0 aliphatic carbocycles. The highest BCUT2D eigenvalue weighted by atomic mass is 16.3. The Balaban J connectivity index is 2.06. The van der Waals surface area contributed by atoms with E-state index in [1.54, 1.807) is 24.0 Å². The smallest absolute Gasteiger partial charge is 0.111 e. The molecule has 0 fully saturated rings. The molecule has 0 amide bonds. The summed E-state index contributed by atoms with van der Waals surface area (Å²) >= 11 is 0. The van der Waals surface area contributed by atoms with Crippen molar-refractivity contribution in [1.82, 2.24) is 9.78 Å². The quantitative estimate of drug-likeness (QED) is 0.826. The summed E-state index contributed by atoms with van der Waals surface area (Å²) in [6.07, 6.45) is 1.61. The van der Waals surface area contributed by atoms with Crippen LogP contribution in [0.3, 0.4) is 0 Å². The van der Waals surface area contributed by atoms with E-state index >= 15 is 0 Å². The van der Waals surface area contributed by atoms with Crippen molar-refractivity contribution >= 4 is 0 Å². The first-order valence-electron chi connectivity index (χ1n) is 5.64. The second kappa shape index (κ2) is 5.12. The van der Waals surface area contributed by atoms with Crippen LogP contribution in [-0.4, -0.2) is 20.9 Å². The molecule has 0 radical (unpaired) electrons. The number of benzene rings is 1. The van der Waals surface area contributed by atoms with E-state index in [1.807, 2.05) is 30.3 Å². The molecule has 4 heteroatoms. The number of hydrogen-bond acceptors (Lipinski definition) is 3. The highest BCUT2D eigenvalue weighted by Crippen LogP contribution is 2.17. The van der Waals surface area contributed by atoms with Crippen molar-refractivity contribution in [3.05, 3.63) is 53.9 Å². The maximum atomic E-state index is 10.1. The van der Waals surface area contributed by atoms with Gasteiger partial charge in [0, 0.05) is 19.3 Å². The molecule has 1 aromatic heterocycles. The minimum atomic E-state index is -0.692. The van der Waals surface area contributed by atoms with E-state index < -0.39 is 6.10 Å². The molecule has 2 unspecified atom stereocenters. The van der Waals surface area contributed by atoms with Crippen LogP contribution >= 0.6 is 0 Å². The molecule has 0 saturated heterocycles. The van der Waals surface area contributed by atoms with Crippen LogP contribution in [0.15, 0.2) is 42.6 Å². The van der Waals surface area contributed by atoms with Gasteiger partial charge in [0.15, 0.2) is 0 Å². The van der Waals surface area contributed by atoms with Crippen molar-refractivity contribution in [1.29, 1.82) is 0 Å². The first kappa shape index (κ1) is 11.8. The Kier molecular flexibility index (Phi) is 3.56. The number of aliphatic hydroxyl groups is 1. The molecule has 0 aliphatic heterocycles. The summed E-state index contributed by atoms with van der Waals surface area (Å²) in [6.45, 7) is 0. The molecule has 1 aromatic carbocycles. The highest BCUT2D eigenvalue weighted by molar-refractivity contribution is 5.17. The SMILES string of the molecule is Cn1nccc1C(O)C(N)Cc1ccccc1. The standard InChI is InChI=1S/C13H17N3O/c1-16-12(7-8-15-16)13(17)11(14)9-10-5-3-2-4-6-10/h2-8,11,13,17H,9,14H2,1H3. The van der Waals surface area contributed by atoms with Crippen LogP contribution < -0.4 is 5.73 Å². The largest absolute Gasteiger partial charge is 0.385 e. The molecule has 4 nitrogen and oxygen atoms in total. The summed E-state index contributed by atoms with van der Waals surface area (Å²) in [5, 5.41) is 14.2. The average Bonchev–Trinajstić information content (AvgIpc) is 2.76. The van der Waals surface area contributed by atoms with Gasteiger partial charge in [0.2, 0.25) is 0 Å². The fraction of sp³-hybridized carbons (Fsp3) is 0.308. The van der Waals surface area contributed by atoms with E-state index in [4.69, 9.17) is 5.73 Å². The molecule has 3 N–H and O–H groups in total. The van der Waals surface area contributed by atoms with Crippen molar-refractivity contribution in [2.24, 2.45) is 12.8 Å². The minimum Gasteiger partial charge on any atom is -0.385 e. The van der Waals surface area contributed by atoms with Crippen LogP contribution in [0.1, 0.15) is 17.4 Å². The Hall–Kier alpha value is -1.65. The molecular formula is C13H17N3O. The second-order valence-corrected chi connectivity index (χ2v) is 4.18. The van der Waals surface area contributed by atoms with E-state index in [1.165, 1.54) is 0 Å².